The Hall–Kier alpha value is -2.62. The number of likely N-dealkylation sites (tertiary alicyclic amines) is 1. The van der Waals surface area contributed by atoms with E-state index in [2.05, 4.69) is 0 Å². The van der Waals surface area contributed by atoms with Crippen molar-refractivity contribution in [2.45, 2.75) is 38.3 Å². The lowest BCUT2D eigenvalue weighted by molar-refractivity contribution is -0.137. The Labute approximate surface area is 154 Å². The average molecular weight is 348 g/mol. The Morgan fingerprint density at radius 1 is 0.923 bits per heavy atom. The van der Waals surface area contributed by atoms with E-state index in [-0.39, 0.29) is 11.8 Å². The highest BCUT2D eigenvalue weighted by Gasteiger charge is 2.38. The van der Waals surface area contributed by atoms with Crippen molar-refractivity contribution in [1.29, 1.82) is 0 Å². The van der Waals surface area contributed by atoms with E-state index in [4.69, 9.17) is 0 Å². The fourth-order valence-electron chi connectivity index (χ4n) is 4.02. The van der Waals surface area contributed by atoms with Crippen LogP contribution >= 0.6 is 0 Å². The molecule has 2 amide bonds. The molecule has 2 aromatic carbocycles. The molecule has 26 heavy (non-hydrogen) atoms. The van der Waals surface area contributed by atoms with Crippen molar-refractivity contribution in [3.05, 3.63) is 71.3 Å². The summed E-state index contributed by atoms with van der Waals surface area (Å²) in [5.74, 6) is 0.0709. The second-order valence-electron chi connectivity index (χ2n) is 7.18. The lowest BCUT2D eigenvalue weighted by atomic mass is 10.0. The minimum atomic E-state index is -0.435. The van der Waals surface area contributed by atoms with E-state index < -0.39 is 6.04 Å². The van der Waals surface area contributed by atoms with Crippen LogP contribution in [0, 0.1) is 0 Å². The van der Waals surface area contributed by atoms with Gasteiger partial charge in [-0.25, -0.2) is 0 Å². The van der Waals surface area contributed by atoms with Crippen LogP contribution in [0.4, 0.5) is 0 Å². The van der Waals surface area contributed by atoms with Gasteiger partial charge in [0, 0.05) is 31.6 Å². The van der Waals surface area contributed by atoms with Gasteiger partial charge in [-0.05, 0) is 36.5 Å². The SMILES string of the molecule is O=C([C@H](Cc1ccccc1)N1Cc2ccccc2C1=O)N1CCCCC1. The lowest BCUT2D eigenvalue weighted by Crippen LogP contribution is -2.51. The number of hydrogen-bond donors (Lipinski definition) is 0. The van der Waals surface area contributed by atoms with Gasteiger partial charge in [0.1, 0.15) is 6.04 Å². The van der Waals surface area contributed by atoms with Crippen molar-refractivity contribution >= 4 is 11.8 Å². The third-order valence-electron chi connectivity index (χ3n) is 5.45. The van der Waals surface area contributed by atoms with Crippen LogP contribution in [0.1, 0.15) is 40.7 Å². The van der Waals surface area contributed by atoms with Gasteiger partial charge in [-0.1, -0.05) is 48.5 Å². The predicted molar refractivity (Wildman–Crippen MR) is 101 cm³/mol. The molecule has 1 atom stereocenters. The third-order valence-corrected chi connectivity index (χ3v) is 5.45. The molecule has 0 N–H and O–H groups in total. The largest absolute Gasteiger partial charge is 0.341 e. The van der Waals surface area contributed by atoms with Gasteiger partial charge in [-0.3, -0.25) is 9.59 Å². The first-order chi connectivity index (χ1) is 12.7. The Morgan fingerprint density at radius 3 is 2.35 bits per heavy atom. The molecule has 2 aliphatic rings. The van der Waals surface area contributed by atoms with Gasteiger partial charge >= 0.3 is 0 Å². The molecule has 4 nitrogen and oxygen atoms in total. The summed E-state index contributed by atoms with van der Waals surface area (Å²) in [6.45, 7) is 2.13. The van der Waals surface area contributed by atoms with Crippen LogP contribution < -0.4 is 0 Å². The fourth-order valence-corrected chi connectivity index (χ4v) is 4.02. The molecular formula is C22H24N2O2. The summed E-state index contributed by atoms with van der Waals surface area (Å²) in [7, 11) is 0. The van der Waals surface area contributed by atoms with Crippen LogP contribution in [0.5, 0.6) is 0 Å². The molecule has 0 aliphatic carbocycles. The number of piperidine rings is 1. The summed E-state index contributed by atoms with van der Waals surface area (Å²) in [5, 5.41) is 0. The molecule has 2 aliphatic heterocycles. The lowest BCUT2D eigenvalue weighted by Gasteiger charge is -2.34. The topological polar surface area (TPSA) is 40.6 Å². The molecule has 4 rings (SSSR count). The van der Waals surface area contributed by atoms with E-state index in [0.717, 1.165) is 42.6 Å². The van der Waals surface area contributed by atoms with Gasteiger partial charge in [0.05, 0.1) is 0 Å². The summed E-state index contributed by atoms with van der Waals surface area (Å²) < 4.78 is 0. The molecule has 1 saturated heterocycles. The first kappa shape index (κ1) is 16.8. The van der Waals surface area contributed by atoms with Crippen molar-refractivity contribution in [1.82, 2.24) is 9.80 Å². The van der Waals surface area contributed by atoms with Gasteiger partial charge < -0.3 is 9.80 Å². The summed E-state index contributed by atoms with van der Waals surface area (Å²) in [5.41, 5.74) is 2.84. The number of fused-ring (bicyclic) bond motifs is 1. The maximum atomic E-state index is 13.3. The molecule has 2 aromatic rings. The molecule has 2 heterocycles. The van der Waals surface area contributed by atoms with Crippen molar-refractivity contribution in [3.63, 3.8) is 0 Å². The molecule has 0 saturated carbocycles. The second-order valence-corrected chi connectivity index (χ2v) is 7.18. The normalized spacial score (nSPS) is 17.9. The summed E-state index contributed by atoms with van der Waals surface area (Å²) in [6, 6.07) is 17.3. The zero-order valence-corrected chi connectivity index (χ0v) is 14.9. The van der Waals surface area contributed by atoms with Crippen LogP contribution in [0.3, 0.4) is 0 Å². The first-order valence-corrected chi connectivity index (χ1v) is 9.45. The number of carbonyl (C=O) groups is 2. The minimum absolute atomic E-state index is 0.0214. The Kier molecular flexibility index (Phi) is 4.74. The summed E-state index contributed by atoms with van der Waals surface area (Å²) >= 11 is 0. The Balaban J connectivity index is 1.62. The van der Waals surface area contributed by atoms with Crippen LogP contribution in [0.25, 0.3) is 0 Å². The van der Waals surface area contributed by atoms with Gasteiger partial charge in [-0.15, -0.1) is 0 Å². The molecule has 1 fully saturated rings. The summed E-state index contributed by atoms with van der Waals surface area (Å²) in [4.78, 5) is 30.0. The zero-order chi connectivity index (χ0) is 17.9. The van der Waals surface area contributed by atoms with Gasteiger partial charge in [0.2, 0.25) is 5.91 Å². The van der Waals surface area contributed by atoms with Crippen molar-refractivity contribution in [2.24, 2.45) is 0 Å². The van der Waals surface area contributed by atoms with Crippen LogP contribution in [0.2, 0.25) is 0 Å². The highest BCUT2D eigenvalue weighted by molar-refractivity contribution is 6.01. The molecule has 0 unspecified atom stereocenters. The highest BCUT2D eigenvalue weighted by Crippen LogP contribution is 2.27. The number of rotatable bonds is 4. The van der Waals surface area contributed by atoms with E-state index >= 15 is 0 Å². The zero-order valence-electron chi connectivity index (χ0n) is 14.9. The van der Waals surface area contributed by atoms with E-state index in [1.807, 2.05) is 59.5 Å². The minimum Gasteiger partial charge on any atom is -0.341 e. The molecule has 0 aromatic heterocycles. The molecule has 0 radical (unpaired) electrons. The standard InChI is InChI=1S/C22H24N2O2/c25-21-19-12-6-5-11-18(19)16-24(21)20(15-17-9-3-1-4-10-17)22(26)23-13-7-2-8-14-23/h1,3-6,9-12,20H,2,7-8,13-16H2/t20-/m0/s1. The quantitative estimate of drug-likeness (QED) is 0.851. The predicted octanol–water partition coefficient (Wildman–Crippen LogP) is 3.27. The fraction of sp³-hybridized carbons (Fsp3) is 0.364. The van der Waals surface area contributed by atoms with Crippen molar-refractivity contribution in [2.75, 3.05) is 13.1 Å². The molecule has 4 heteroatoms. The molecule has 0 bridgehead atoms. The maximum Gasteiger partial charge on any atom is 0.255 e. The molecule has 134 valence electrons. The van der Waals surface area contributed by atoms with Crippen LogP contribution in [-0.2, 0) is 17.8 Å². The van der Waals surface area contributed by atoms with E-state index in [1.54, 1.807) is 4.90 Å². The first-order valence-electron chi connectivity index (χ1n) is 9.45. The van der Waals surface area contributed by atoms with E-state index in [1.165, 1.54) is 6.42 Å². The maximum absolute atomic E-state index is 13.3. The Bertz CT molecular complexity index is 797. The smallest absolute Gasteiger partial charge is 0.255 e. The molecular weight excluding hydrogens is 324 g/mol. The summed E-state index contributed by atoms with van der Waals surface area (Å²) in [6.07, 6.45) is 3.85. The van der Waals surface area contributed by atoms with Crippen LogP contribution in [-0.4, -0.2) is 40.7 Å². The highest BCUT2D eigenvalue weighted by atomic mass is 16.2. The number of hydrogen-bond acceptors (Lipinski definition) is 2. The average Bonchev–Trinajstić information content (AvgIpc) is 3.04. The number of carbonyl (C=O) groups excluding carboxylic acids is 2. The van der Waals surface area contributed by atoms with Gasteiger partial charge in [0.15, 0.2) is 0 Å². The monoisotopic (exact) mass is 348 g/mol. The van der Waals surface area contributed by atoms with E-state index in [0.29, 0.717) is 13.0 Å². The second kappa shape index (κ2) is 7.32. The van der Waals surface area contributed by atoms with Gasteiger partial charge in [-0.2, -0.15) is 0 Å². The van der Waals surface area contributed by atoms with Crippen LogP contribution in [0.15, 0.2) is 54.6 Å². The van der Waals surface area contributed by atoms with Crippen molar-refractivity contribution in [3.8, 4) is 0 Å². The number of benzene rings is 2. The number of nitrogens with zero attached hydrogens (tertiary/aromatic N) is 2. The third kappa shape index (κ3) is 3.24. The molecule has 0 spiro atoms. The number of amides is 2. The van der Waals surface area contributed by atoms with E-state index in [9.17, 15) is 9.59 Å². The van der Waals surface area contributed by atoms with Crippen molar-refractivity contribution < 1.29 is 9.59 Å². The van der Waals surface area contributed by atoms with Gasteiger partial charge in [0.25, 0.3) is 5.91 Å². The Morgan fingerprint density at radius 2 is 1.62 bits per heavy atom.